The highest BCUT2D eigenvalue weighted by Gasteiger charge is 2.15. The molecular formula is C14H22N2O2S. The molecule has 0 saturated carbocycles. The second-order valence-electron chi connectivity index (χ2n) is 4.72. The van der Waals surface area contributed by atoms with E-state index in [2.05, 4.69) is 0 Å². The number of carbonyl (C=O) groups excluding carboxylic acids is 1. The van der Waals surface area contributed by atoms with Crippen LogP contribution in [0, 0.1) is 13.8 Å². The molecule has 0 aliphatic heterocycles. The molecule has 4 nitrogen and oxygen atoms in total. The van der Waals surface area contributed by atoms with Crippen LogP contribution in [0.15, 0.2) is 23.1 Å². The minimum Gasteiger partial charge on any atom is -0.345 e. The molecule has 0 heterocycles. The van der Waals surface area contributed by atoms with Gasteiger partial charge in [0.25, 0.3) is 0 Å². The molecule has 0 aliphatic rings. The smallest absolute Gasteiger partial charge is 0.235 e. The number of nitrogens with two attached hydrogens (primary N) is 1. The molecule has 106 valence electrons. The van der Waals surface area contributed by atoms with Gasteiger partial charge in [0.15, 0.2) is 0 Å². The van der Waals surface area contributed by atoms with Crippen LogP contribution in [0.5, 0.6) is 0 Å². The Bertz CT molecular complexity index is 475. The number of benzene rings is 1. The molecule has 1 atom stereocenters. The van der Waals surface area contributed by atoms with E-state index in [9.17, 15) is 9.00 Å². The highest BCUT2D eigenvalue weighted by atomic mass is 32.2. The summed E-state index contributed by atoms with van der Waals surface area (Å²) in [5.41, 5.74) is 7.50. The molecule has 0 spiro atoms. The summed E-state index contributed by atoms with van der Waals surface area (Å²) in [6.45, 7) is 5.07. The maximum absolute atomic E-state index is 12.2. The summed E-state index contributed by atoms with van der Waals surface area (Å²) in [6, 6.07) is 5.74. The zero-order valence-electron chi connectivity index (χ0n) is 11.8. The molecule has 1 aromatic rings. The van der Waals surface area contributed by atoms with Crippen molar-refractivity contribution in [3.8, 4) is 0 Å². The Hall–Kier alpha value is -1.20. The lowest BCUT2D eigenvalue weighted by atomic mass is 10.2. The predicted octanol–water partition coefficient (Wildman–Crippen LogP) is 1.22. The van der Waals surface area contributed by atoms with E-state index < -0.39 is 10.8 Å². The summed E-state index contributed by atoms with van der Waals surface area (Å²) in [4.78, 5) is 14.2. The Labute approximate surface area is 117 Å². The van der Waals surface area contributed by atoms with Crippen molar-refractivity contribution in [2.45, 2.75) is 25.2 Å². The molecule has 1 aromatic carbocycles. The maximum atomic E-state index is 12.2. The normalized spacial score (nSPS) is 12.2. The van der Waals surface area contributed by atoms with Crippen molar-refractivity contribution in [1.29, 1.82) is 0 Å². The molecule has 0 saturated heterocycles. The zero-order valence-corrected chi connectivity index (χ0v) is 12.6. The highest BCUT2D eigenvalue weighted by molar-refractivity contribution is 7.85. The number of aryl methyl sites for hydroxylation is 2. The summed E-state index contributed by atoms with van der Waals surface area (Å²) in [6.07, 6.45) is 0.762. The first kappa shape index (κ1) is 15.9. The van der Waals surface area contributed by atoms with E-state index in [4.69, 9.17) is 5.73 Å². The molecule has 0 fully saturated rings. The fraction of sp³-hybridized carbons (Fsp3) is 0.500. The minimum absolute atomic E-state index is 0.0327. The van der Waals surface area contributed by atoms with Crippen molar-refractivity contribution in [3.05, 3.63) is 29.3 Å². The minimum atomic E-state index is -1.28. The number of nitrogens with zero attached hydrogens (tertiary/aromatic N) is 1. The van der Waals surface area contributed by atoms with Crippen molar-refractivity contribution in [1.82, 2.24) is 4.90 Å². The number of amides is 1. The Morgan fingerprint density at radius 3 is 2.63 bits per heavy atom. The molecule has 1 amide bonds. The van der Waals surface area contributed by atoms with Crippen molar-refractivity contribution in [3.63, 3.8) is 0 Å². The Morgan fingerprint density at radius 2 is 2.05 bits per heavy atom. The topological polar surface area (TPSA) is 63.4 Å². The fourth-order valence-corrected chi connectivity index (χ4v) is 3.05. The van der Waals surface area contributed by atoms with E-state index in [1.54, 1.807) is 11.9 Å². The average Bonchev–Trinajstić information content (AvgIpc) is 2.35. The van der Waals surface area contributed by atoms with Crippen LogP contribution in [0.1, 0.15) is 17.5 Å². The van der Waals surface area contributed by atoms with E-state index in [1.165, 1.54) is 0 Å². The SMILES string of the molecule is Cc1ccc(S(=O)CC(=O)N(C)CCCN)c(C)c1. The van der Waals surface area contributed by atoms with Gasteiger partial charge in [-0.1, -0.05) is 17.7 Å². The third-order valence-electron chi connectivity index (χ3n) is 2.95. The summed E-state index contributed by atoms with van der Waals surface area (Å²) in [5.74, 6) is -0.0721. The van der Waals surface area contributed by atoms with Crippen LogP contribution >= 0.6 is 0 Å². The van der Waals surface area contributed by atoms with Crippen LogP contribution < -0.4 is 5.73 Å². The second-order valence-corrected chi connectivity index (χ2v) is 6.14. The Morgan fingerprint density at radius 1 is 1.37 bits per heavy atom. The molecule has 0 radical (unpaired) electrons. The molecule has 19 heavy (non-hydrogen) atoms. The molecule has 0 aliphatic carbocycles. The molecule has 0 bridgehead atoms. The predicted molar refractivity (Wildman–Crippen MR) is 78.5 cm³/mol. The molecule has 1 unspecified atom stereocenters. The summed E-state index contributed by atoms with van der Waals surface area (Å²) < 4.78 is 12.2. The van der Waals surface area contributed by atoms with Gasteiger partial charge in [0, 0.05) is 18.5 Å². The van der Waals surface area contributed by atoms with E-state index in [-0.39, 0.29) is 11.7 Å². The molecule has 1 rings (SSSR count). The monoisotopic (exact) mass is 282 g/mol. The van der Waals surface area contributed by atoms with Crippen LogP contribution in [0.4, 0.5) is 0 Å². The largest absolute Gasteiger partial charge is 0.345 e. The lowest BCUT2D eigenvalue weighted by molar-refractivity contribution is -0.127. The maximum Gasteiger partial charge on any atom is 0.235 e. The van der Waals surface area contributed by atoms with Gasteiger partial charge in [-0.05, 0) is 38.4 Å². The molecule has 0 aromatic heterocycles. The number of carbonyl (C=O) groups is 1. The van der Waals surface area contributed by atoms with Gasteiger partial charge in [0.1, 0.15) is 5.75 Å². The van der Waals surface area contributed by atoms with Gasteiger partial charge in [0.05, 0.1) is 10.8 Å². The lowest BCUT2D eigenvalue weighted by Crippen LogP contribution is -2.32. The zero-order chi connectivity index (χ0) is 14.4. The van der Waals surface area contributed by atoms with Crippen LogP contribution in [0.2, 0.25) is 0 Å². The van der Waals surface area contributed by atoms with Gasteiger partial charge >= 0.3 is 0 Å². The molecular weight excluding hydrogens is 260 g/mol. The first-order valence-electron chi connectivity index (χ1n) is 6.35. The third kappa shape index (κ3) is 4.76. The first-order chi connectivity index (χ1) is 8.95. The first-order valence-corrected chi connectivity index (χ1v) is 7.67. The van der Waals surface area contributed by atoms with E-state index >= 15 is 0 Å². The number of hydrogen-bond acceptors (Lipinski definition) is 3. The Balaban J connectivity index is 2.66. The van der Waals surface area contributed by atoms with Gasteiger partial charge < -0.3 is 10.6 Å². The van der Waals surface area contributed by atoms with Gasteiger partial charge in [-0.3, -0.25) is 9.00 Å². The van der Waals surface area contributed by atoms with Crippen molar-refractivity contribution >= 4 is 16.7 Å². The Kier molecular flexibility index (Phi) is 6.18. The standard InChI is InChI=1S/C14H22N2O2S/c1-11-5-6-13(12(2)9-11)19(18)10-14(17)16(3)8-4-7-15/h5-6,9H,4,7-8,10,15H2,1-3H3. The summed E-state index contributed by atoms with van der Waals surface area (Å²) in [5, 5.41) is 0. The molecule has 2 N–H and O–H groups in total. The van der Waals surface area contributed by atoms with Gasteiger partial charge in [-0.25, -0.2) is 0 Å². The second kappa shape index (κ2) is 7.40. The van der Waals surface area contributed by atoms with Crippen molar-refractivity contribution < 1.29 is 9.00 Å². The third-order valence-corrected chi connectivity index (χ3v) is 4.41. The van der Waals surface area contributed by atoms with E-state index in [0.29, 0.717) is 13.1 Å². The van der Waals surface area contributed by atoms with E-state index in [1.807, 2.05) is 32.0 Å². The summed E-state index contributed by atoms with van der Waals surface area (Å²) in [7, 11) is 0.438. The quantitative estimate of drug-likeness (QED) is 0.853. The summed E-state index contributed by atoms with van der Waals surface area (Å²) >= 11 is 0. The highest BCUT2D eigenvalue weighted by Crippen LogP contribution is 2.15. The number of rotatable bonds is 6. The van der Waals surface area contributed by atoms with E-state index in [0.717, 1.165) is 22.4 Å². The van der Waals surface area contributed by atoms with Crippen LogP contribution in [0.25, 0.3) is 0 Å². The lowest BCUT2D eigenvalue weighted by Gasteiger charge is -2.16. The molecule has 5 heteroatoms. The van der Waals surface area contributed by atoms with Gasteiger partial charge in [-0.15, -0.1) is 0 Å². The fourth-order valence-electron chi connectivity index (χ4n) is 1.81. The van der Waals surface area contributed by atoms with Crippen LogP contribution in [0.3, 0.4) is 0 Å². The van der Waals surface area contributed by atoms with Crippen molar-refractivity contribution in [2.75, 3.05) is 25.9 Å². The van der Waals surface area contributed by atoms with Gasteiger partial charge in [-0.2, -0.15) is 0 Å². The van der Waals surface area contributed by atoms with Crippen molar-refractivity contribution in [2.24, 2.45) is 5.73 Å². The van der Waals surface area contributed by atoms with Gasteiger partial charge in [0.2, 0.25) is 5.91 Å². The van der Waals surface area contributed by atoms with Crippen LogP contribution in [-0.4, -0.2) is 40.9 Å². The van der Waals surface area contributed by atoms with Crippen LogP contribution in [-0.2, 0) is 15.6 Å². The average molecular weight is 282 g/mol. The number of hydrogen-bond donors (Lipinski definition) is 1.